The summed E-state index contributed by atoms with van der Waals surface area (Å²) in [6.45, 7) is 9.01. The quantitative estimate of drug-likeness (QED) is 0.105. The van der Waals surface area contributed by atoms with Crippen molar-refractivity contribution in [1.29, 1.82) is 0 Å². The van der Waals surface area contributed by atoms with Crippen molar-refractivity contribution in [2.24, 2.45) is 0 Å². The third-order valence-electron chi connectivity index (χ3n) is 34.2. The smallest absolute Gasteiger partial charge is 0.373 e. The van der Waals surface area contributed by atoms with Crippen LogP contribution in [0, 0.1) is 27.7 Å². The Morgan fingerprint density at radius 1 is 0.319 bits per heavy atom. The van der Waals surface area contributed by atoms with Crippen molar-refractivity contribution < 1.29 is 33.4 Å². The molecule has 0 fully saturated rings. The van der Waals surface area contributed by atoms with Gasteiger partial charge >= 0.3 is 12.3 Å². The summed E-state index contributed by atoms with van der Waals surface area (Å²) in [5.41, 5.74) is 39.3. The van der Waals surface area contributed by atoms with Gasteiger partial charge in [-0.15, -0.1) is 11.3 Å². The number of methoxy groups -OCH3 is 3. The Bertz CT molecular complexity index is 9520. The second kappa shape index (κ2) is 18.2. The lowest BCUT2D eigenvalue weighted by Crippen LogP contribution is -2.41. The number of rotatable bonds is 9. The maximum Gasteiger partial charge on any atom is 0.373 e. The normalized spacial score (nSPS) is 21.0. The molecule has 24 aromatic rings. The number of hydrogen-bond donors (Lipinski definition) is 0. The fraction of sp³-hybridized carbons (Fsp3) is 0.171. The highest BCUT2D eigenvalue weighted by Crippen LogP contribution is 2.78. The molecule has 1 heterocycles. The molecule has 36 rings (SSSR count). The Kier molecular flexibility index (Phi) is 9.34. The Labute approximate surface area is 679 Å². The van der Waals surface area contributed by atoms with E-state index in [-0.39, 0.29) is 28.5 Å². The van der Waals surface area contributed by atoms with Crippen LogP contribution < -0.4 is 14.2 Å². The highest BCUT2D eigenvalue weighted by atomic mass is 32.1. The molecule has 0 bridgehead atoms. The van der Waals surface area contributed by atoms with E-state index in [1.165, 1.54) is 87.5 Å². The molecule has 552 valence electrons. The average Bonchev–Trinajstić information content (AvgIpc) is 1.43. The van der Waals surface area contributed by atoms with Crippen LogP contribution in [0.1, 0.15) is 133 Å². The maximum absolute atomic E-state index is 8.12. The number of ether oxygens (including phenoxy) is 3. The largest absolute Gasteiger partial charge is 0.496 e. The van der Waals surface area contributed by atoms with Crippen LogP contribution in [0.5, 0.6) is 17.2 Å². The first-order valence-corrected chi connectivity index (χ1v) is 43.2. The Hall–Kier alpha value is -13.3. The molecule has 119 heavy (non-hydrogen) atoms. The van der Waals surface area contributed by atoms with Gasteiger partial charge in [0.25, 0.3) is 0 Å². The van der Waals surface area contributed by atoms with Crippen LogP contribution in [-0.2, 0) is 92.2 Å². The molecule has 0 radical (unpaired) electrons. The van der Waals surface area contributed by atoms with E-state index >= 15 is 0 Å². The summed E-state index contributed by atoms with van der Waals surface area (Å²) >= 11 is 1.96. The lowest BCUT2D eigenvalue weighted by molar-refractivity contribution is -0.193. The van der Waals surface area contributed by atoms with E-state index in [1.807, 2.05) is 32.7 Å². The number of carbonyl (C=O) groups excluding carboxylic acids is 4. The zero-order valence-electron chi connectivity index (χ0n) is 65.7. The molecule has 12 aliphatic carbocycles. The van der Waals surface area contributed by atoms with Gasteiger partial charge in [-0.05, 0) is 442 Å². The van der Waals surface area contributed by atoms with Crippen molar-refractivity contribution in [2.45, 2.75) is 101 Å². The fourth-order valence-electron chi connectivity index (χ4n) is 31.2. The van der Waals surface area contributed by atoms with Crippen molar-refractivity contribution in [1.82, 2.24) is 0 Å². The van der Waals surface area contributed by atoms with E-state index in [9.17, 15) is 0 Å². The van der Waals surface area contributed by atoms with Gasteiger partial charge in [0, 0.05) is 15.7 Å². The molecule has 4 atom stereocenters. The maximum atomic E-state index is 8.12. The first-order chi connectivity index (χ1) is 58.3. The molecule has 4 unspecified atom stereocenters. The summed E-state index contributed by atoms with van der Waals surface area (Å²) in [5.74, 6) is 3.01. The number of aryl methyl sites for hydroxylation is 2. The molecule has 0 spiro atoms. The summed E-state index contributed by atoms with van der Waals surface area (Å²) in [7, 11) is 5.55. The molecular formula is C111H60O7S. The van der Waals surface area contributed by atoms with Crippen molar-refractivity contribution >= 4 is 229 Å². The molecule has 23 aromatic carbocycles. The summed E-state index contributed by atoms with van der Waals surface area (Å²) in [5, 5.41) is 58.7. The molecule has 0 amide bonds. The minimum atomic E-state index is -0.416. The van der Waals surface area contributed by atoms with Crippen LogP contribution in [0.4, 0.5) is 0 Å². The van der Waals surface area contributed by atoms with E-state index in [4.69, 9.17) is 33.4 Å². The van der Waals surface area contributed by atoms with Crippen molar-refractivity contribution in [2.75, 3.05) is 21.3 Å². The average molecular weight is 1540 g/mol. The van der Waals surface area contributed by atoms with Crippen LogP contribution >= 0.6 is 11.3 Å². The number of thiophene rings is 1. The van der Waals surface area contributed by atoms with E-state index < -0.39 is 5.41 Å². The van der Waals surface area contributed by atoms with Gasteiger partial charge < -0.3 is 14.2 Å². The number of benzene rings is 17. The van der Waals surface area contributed by atoms with Gasteiger partial charge in [-0.25, -0.2) is 0 Å². The predicted octanol–water partition coefficient (Wildman–Crippen LogP) is 24.5. The standard InChI is InChI=1S/C57H34O2.C52H26OS.2CO2/c1-21-6-7-24(35(10-21)59-5)19-57-32-17-30-15-28-13-26-11-25-12-27-14-29-16-31-18-56(20-32,33-8-9-34(58-4)23(3)22(33)2)54-51-41(31)38(29)43-39(27)42-36(25)37(26)44-40(28)50(53(30)57)48-47(44)45(42)46(43)49(51)52(48)55(54)57;1-19-5-6-20(29(8-19)53-2)17-52-28-15-26-13-24-11-22-9-21-10-23-12-25-14-27-16-51(18-28,30-4-3-7-54-30)49-46-36(27)33(25)38-34(23)37-31(21)32(22)39-35(24)45(48(26)52)43-42(39)40(37)41(38)44(46)47(43)50(49)52;2*2-1-3/h6-10,12-15,18,20H,11,16-17,19H2,1-5H3;3-8,10-13,16,18H,9,14-15,17H2,1-2H3;;. The summed E-state index contributed by atoms with van der Waals surface area (Å²) < 4.78 is 18.6. The zero-order chi connectivity index (χ0) is 77.8. The molecule has 0 aliphatic heterocycles. The van der Waals surface area contributed by atoms with Crippen LogP contribution in [0.2, 0.25) is 0 Å². The minimum Gasteiger partial charge on any atom is -0.496 e. The van der Waals surface area contributed by atoms with E-state index in [1.54, 1.807) is 262 Å². The Balaban J connectivity index is 0.000000106. The molecule has 0 saturated carbocycles. The summed E-state index contributed by atoms with van der Waals surface area (Å²) in [6.07, 6.45) is 19.6. The van der Waals surface area contributed by atoms with Gasteiger partial charge in [-0.2, -0.15) is 19.2 Å². The Morgan fingerprint density at radius 2 is 0.681 bits per heavy atom. The van der Waals surface area contributed by atoms with Gasteiger partial charge in [0.2, 0.25) is 0 Å². The van der Waals surface area contributed by atoms with Crippen molar-refractivity contribution in [3.63, 3.8) is 0 Å². The van der Waals surface area contributed by atoms with Crippen LogP contribution in [0.3, 0.4) is 0 Å². The third kappa shape index (κ3) is 5.58. The lowest BCUT2D eigenvalue weighted by Gasteiger charge is -2.47. The second-order valence-corrected chi connectivity index (χ2v) is 39.1. The molecule has 8 heteroatoms. The van der Waals surface area contributed by atoms with E-state index in [0.717, 1.165) is 68.6 Å². The first kappa shape index (κ1) is 61.1. The molecular weight excluding hydrogens is 1480 g/mol. The van der Waals surface area contributed by atoms with E-state index in [0.29, 0.717) is 0 Å². The van der Waals surface area contributed by atoms with E-state index in [2.05, 4.69) is 167 Å². The van der Waals surface area contributed by atoms with Gasteiger partial charge in [0.05, 0.1) is 32.2 Å². The van der Waals surface area contributed by atoms with Crippen molar-refractivity contribution in [3.8, 4) is 17.2 Å². The SMILES string of the molecule is COc1cc(C)ccc1CC12C3=CC4(c5ccc(OC)c(C)c5C)C=C5Cc6cc7cc8c9c%10c(cc%11cc(c1c1c%11c%10c%10c1c1c2c4c2c5c6c4c7c9c%10c4c21)C3)C8.COc1cc(C)ccc1CC12C3=CC4(c5cccs5)C=C5Cc6cc7cc8c9c%10c(cc%11cc(c1c1c%11c%10c%10c1c1c2c4c2c5c6c4c7c9c%10c4c21)C3)C8.O=C=O.O=C=O. The molecule has 1 aromatic heterocycles. The number of hydrogen-bond acceptors (Lipinski definition) is 8. The topological polar surface area (TPSA) is 96.0 Å². The highest BCUT2D eigenvalue weighted by Gasteiger charge is 2.63. The molecule has 0 saturated heterocycles. The van der Waals surface area contributed by atoms with Crippen LogP contribution in [0.25, 0.3) is 205 Å². The zero-order valence-corrected chi connectivity index (χ0v) is 66.5. The fourth-order valence-corrected chi connectivity index (χ4v) is 32.1. The van der Waals surface area contributed by atoms with Crippen molar-refractivity contribution in [3.05, 3.63) is 283 Å². The third-order valence-corrected chi connectivity index (χ3v) is 35.2. The van der Waals surface area contributed by atoms with Gasteiger partial charge in [0.15, 0.2) is 0 Å². The van der Waals surface area contributed by atoms with Crippen LogP contribution in [-0.4, -0.2) is 33.6 Å². The van der Waals surface area contributed by atoms with Crippen LogP contribution in [0.15, 0.2) is 150 Å². The highest BCUT2D eigenvalue weighted by molar-refractivity contribution is 7.10. The van der Waals surface area contributed by atoms with Gasteiger partial charge in [-0.3, -0.25) is 0 Å². The monoisotopic (exact) mass is 1540 g/mol. The summed E-state index contributed by atoms with van der Waals surface area (Å²) in [4.78, 5) is 34.0. The van der Waals surface area contributed by atoms with Gasteiger partial charge in [0.1, 0.15) is 17.2 Å². The molecule has 0 N–H and O–H groups in total. The Morgan fingerprint density at radius 3 is 1.11 bits per heavy atom. The molecule has 12 aliphatic rings. The minimum absolute atomic E-state index is 0.250. The second-order valence-electron chi connectivity index (χ2n) is 38.2. The van der Waals surface area contributed by atoms with Gasteiger partial charge in [-0.1, -0.05) is 120 Å². The molecule has 7 nitrogen and oxygen atoms in total. The lowest BCUT2D eigenvalue weighted by atomic mass is 9.54. The summed E-state index contributed by atoms with van der Waals surface area (Å²) in [6, 6.07) is 44.4. The first-order valence-electron chi connectivity index (χ1n) is 42.3. The predicted molar refractivity (Wildman–Crippen MR) is 478 cm³/mol. The number of allylic oxidation sites excluding steroid dienone is 8.